The van der Waals surface area contributed by atoms with Crippen molar-refractivity contribution in [3.05, 3.63) is 11.6 Å². The molecule has 1 aliphatic heterocycles. The Morgan fingerprint density at radius 2 is 1.71 bits per heavy atom. The average molecular weight is 301 g/mol. The van der Waals surface area contributed by atoms with Crippen molar-refractivity contribution in [1.29, 1.82) is 0 Å². The molecule has 2 aliphatic rings. The van der Waals surface area contributed by atoms with Crippen LogP contribution in [-0.2, 0) is 0 Å². The van der Waals surface area contributed by atoms with Gasteiger partial charge in [0.15, 0.2) is 0 Å². The Morgan fingerprint density at radius 1 is 1.14 bits per heavy atom. The third kappa shape index (κ3) is 6.12. The van der Waals surface area contributed by atoms with E-state index in [4.69, 9.17) is 0 Å². The van der Waals surface area contributed by atoms with E-state index in [0.29, 0.717) is 0 Å². The van der Waals surface area contributed by atoms with Crippen molar-refractivity contribution in [1.82, 2.24) is 10.2 Å². The Balaban J connectivity index is -0.000000810. The van der Waals surface area contributed by atoms with Gasteiger partial charge < -0.3 is 5.32 Å². The van der Waals surface area contributed by atoms with Crippen LogP contribution in [0.2, 0.25) is 0 Å². The Morgan fingerprint density at radius 3 is 2.19 bits per heavy atom. The highest BCUT2D eigenvalue weighted by Crippen LogP contribution is 2.36. The predicted octanol–water partition coefficient (Wildman–Crippen LogP) is 5.21. The molecule has 1 heterocycles. The Bertz CT molecular complexity index is 265. The number of nitrogens with one attached hydrogen (secondary N) is 1. The highest BCUT2D eigenvalue weighted by Gasteiger charge is 2.33. The minimum absolute atomic E-state index is 0. The summed E-state index contributed by atoms with van der Waals surface area (Å²) in [7, 11) is 0. The van der Waals surface area contributed by atoms with Crippen LogP contribution in [0.1, 0.15) is 69.7 Å². The molecule has 0 saturated carbocycles. The molecule has 1 unspecified atom stereocenters. The highest BCUT2D eigenvalue weighted by molar-refractivity contribution is 5.15. The Labute approximate surface area is 136 Å². The molecule has 1 saturated heterocycles. The van der Waals surface area contributed by atoms with Crippen LogP contribution >= 0.6 is 0 Å². The standard InChI is InChI=1S/C15H28N2.4CH4/c1-4-13-6-5-7-14(15(13)12(2)3)17-10-8-16-9-11-17;;;;/h6,12,14-16H,4-5,7-11H2,1-3H3;4*1H4/t14-,15?;;;;/m1..../s1. The molecule has 2 atom stereocenters. The molecule has 2 nitrogen and oxygen atoms in total. The summed E-state index contributed by atoms with van der Waals surface area (Å²) in [5.74, 6) is 1.58. The molecule has 130 valence electrons. The maximum atomic E-state index is 3.47. The lowest BCUT2D eigenvalue weighted by Gasteiger charge is -2.44. The molecule has 1 fully saturated rings. The lowest BCUT2D eigenvalue weighted by Crippen LogP contribution is -2.52. The first-order chi connectivity index (χ1) is 8.24. The second-order valence-corrected chi connectivity index (χ2v) is 5.83. The van der Waals surface area contributed by atoms with Gasteiger partial charge in [-0.1, -0.05) is 62.1 Å². The van der Waals surface area contributed by atoms with Gasteiger partial charge in [0.05, 0.1) is 0 Å². The van der Waals surface area contributed by atoms with Crippen LogP contribution in [-0.4, -0.2) is 37.1 Å². The first-order valence-electron chi connectivity index (χ1n) is 7.37. The SMILES string of the molecule is C.C.C.C.CCC1=CCC[C@@H](N2CCNCC2)C1C(C)C. The van der Waals surface area contributed by atoms with E-state index in [1.165, 1.54) is 45.4 Å². The van der Waals surface area contributed by atoms with Crippen molar-refractivity contribution >= 4 is 0 Å². The number of hydrogen-bond acceptors (Lipinski definition) is 2. The summed E-state index contributed by atoms with van der Waals surface area (Å²) in [5, 5.41) is 3.47. The van der Waals surface area contributed by atoms with E-state index in [0.717, 1.165) is 17.9 Å². The van der Waals surface area contributed by atoms with E-state index in [2.05, 4.69) is 37.1 Å². The van der Waals surface area contributed by atoms with E-state index >= 15 is 0 Å². The van der Waals surface area contributed by atoms with Gasteiger partial charge in [-0.15, -0.1) is 0 Å². The average Bonchev–Trinajstić information content (AvgIpc) is 2.38. The quantitative estimate of drug-likeness (QED) is 0.720. The normalized spacial score (nSPS) is 25.6. The van der Waals surface area contributed by atoms with Crippen LogP contribution < -0.4 is 5.32 Å². The monoisotopic (exact) mass is 300 g/mol. The fourth-order valence-corrected chi connectivity index (χ4v) is 3.68. The molecule has 0 aromatic rings. The van der Waals surface area contributed by atoms with Crippen molar-refractivity contribution in [2.45, 2.75) is 75.8 Å². The molecule has 0 aromatic carbocycles. The number of hydrogen-bond donors (Lipinski definition) is 1. The van der Waals surface area contributed by atoms with Crippen molar-refractivity contribution in [3.8, 4) is 0 Å². The highest BCUT2D eigenvalue weighted by atomic mass is 15.2. The van der Waals surface area contributed by atoms with Crippen LogP contribution in [0.25, 0.3) is 0 Å². The van der Waals surface area contributed by atoms with E-state index in [-0.39, 0.29) is 29.7 Å². The van der Waals surface area contributed by atoms with Crippen molar-refractivity contribution < 1.29 is 0 Å². The third-order valence-corrected chi connectivity index (χ3v) is 4.46. The fourth-order valence-electron chi connectivity index (χ4n) is 3.68. The summed E-state index contributed by atoms with van der Waals surface area (Å²) in [6, 6.07) is 0.803. The first-order valence-corrected chi connectivity index (χ1v) is 7.37. The minimum atomic E-state index is 0. The molecule has 0 bridgehead atoms. The van der Waals surface area contributed by atoms with E-state index in [1.807, 2.05) is 0 Å². The largest absolute Gasteiger partial charge is 0.314 e. The van der Waals surface area contributed by atoms with Gasteiger partial charge in [-0.2, -0.15) is 0 Å². The van der Waals surface area contributed by atoms with Gasteiger partial charge in [-0.25, -0.2) is 0 Å². The minimum Gasteiger partial charge on any atom is -0.314 e. The maximum absolute atomic E-state index is 3.47. The molecule has 1 aliphatic carbocycles. The third-order valence-electron chi connectivity index (χ3n) is 4.46. The maximum Gasteiger partial charge on any atom is 0.0167 e. The summed E-state index contributed by atoms with van der Waals surface area (Å²) in [4.78, 5) is 2.74. The Kier molecular flexibility index (Phi) is 14.9. The smallest absolute Gasteiger partial charge is 0.0167 e. The van der Waals surface area contributed by atoms with Gasteiger partial charge in [-0.3, -0.25) is 4.90 Å². The van der Waals surface area contributed by atoms with Crippen molar-refractivity contribution in [2.24, 2.45) is 11.8 Å². The molecule has 0 aromatic heterocycles. The van der Waals surface area contributed by atoms with Crippen LogP contribution in [0, 0.1) is 11.8 Å². The van der Waals surface area contributed by atoms with E-state index < -0.39 is 0 Å². The lowest BCUT2D eigenvalue weighted by molar-refractivity contribution is 0.104. The van der Waals surface area contributed by atoms with Crippen LogP contribution in [0.15, 0.2) is 11.6 Å². The van der Waals surface area contributed by atoms with Gasteiger partial charge >= 0.3 is 0 Å². The van der Waals surface area contributed by atoms with E-state index in [1.54, 1.807) is 5.57 Å². The molecule has 0 radical (unpaired) electrons. The zero-order valence-corrected chi connectivity index (χ0v) is 11.7. The molecular formula is C19H44N2. The van der Waals surface area contributed by atoms with Gasteiger partial charge in [0.1, 0.15) is 0 Å². The van der Waals surface area contributed by atoms with Crippen LogP contribution in [0.4, 0.5) is 0 Å². The number of allylic oxidation sites excluding steroid dienone is 1. The van der Waals surface area contributed by atoms with Crippen molar-refractivity contribution in [3.63, 3.8) is 0 Å². The second kappa shape index (κ2) is 12.2. The number of piperazine rings is 1. The summed E-state index contributed by atoms with van der Waals surface area (Å²) in [5.41, 5.74) is 1.72. The summed E-state index contributed by atoms with van der Waals surface area (Å²) in [6.07, 6.45) is 6.42. The number of rotatable bonds is 3. The van der Waals surface area contributed by atoms with Crippen LogP contribution in [0.3, 0.4) is 0 Å². The molecule has 21 heavy (non-hydrogen) atoms. The molecule has 0 amide bonds. The molecular weight excluding hydrogens is 256 g/mol. The topological polar surface area (TPSA) is 15.3 Å². The molecule has 1 N–H and O–H groups in total. The predicted molar refractivity (Wildman–Crippen MR) is 101 cm³/mol. The fraction of sp³-hybridized carbons (Fsp3) is 0.895. The van der Waals surface area contributed by atoms with Gasteiger partial charge in [-0.05, 0) is 31.1 Å². The van der Waals surface area contributed by atoms with Gasteiger partial charge in [0.25, 0.3) is 0 Å². The second-order valence-electron chi connectivity index (χ2n) is 5.83. The summed E-state index contributed by atoms with van der Waals surface area (Å²) >= 11 is 0. The Hall–Kier alpha value is -0.340. The number of nitrogens with zero attached hydrogens (tertiary/aromatic N) is 1. The molecule has 2 heteroatoms. The zero-order chi connectivity index (χ0) is 12.3. The summed E-state index contributed by atoms with van der Waals surface area (Å²) in [6.45, 7) is 11.9. The zero-order valence-electron chi connectivity index (χ0n) is 11.7. The first kappa shape index (κ1) is 25.6. The lowest BCUT2D eigenvalue weighted by atomic mass is 9.75. The molecule has 0 spiro atoms. The molecule has 2 rings (SSSR count). The summed E-state index contributed by atoms with van der Waals surface area (Å²) < 4.78 is 0. The van der Waals surface area contributed by atoms with Gasteiger partial charge in [0, 0.05) is 32.2 Å². The van der Waals surface area contributed by atoms with Crippen LogP contribution in [0.5, 0.6) is 0 Å². The van der Waals surface area contributed by atoms with E-state index in [9.17, 15) is 0 Å². The van der Waals surface area contributed by atoms with Gasteiger partial charge in [0.2, 0.25) is 0 Å². The van der Waals surface area contributed by atoms with Crippen molar-refractivity contribution in [2.75, 3.05) is 26.2 Å².